The molecule has 1 atom stereocenters. The Hall–Kier alpha value is -2.82. The van der Waals surface area contributed by atoms with Crippen molar-refractivity contribution in [3.05, 3.63) is 65.2 Å². The average molecular weight is 380 g/mol. The van der Waals surface area contributed by atoms with Crippen molar-refractivity contribution in [3.8, 4) is 5.75 Å². The molecule has 1 heterocycles. The molecule has 1 N–H and O–H groups in total. The summed E-state index contributed by atoms with van der Waals surface area (Å²) < 4.78 is 5.88. The fourth-order valence-corrected chi connectivity index (χ4v) is 3.56. The van der Waals surface area contributed by atoms with Gasteiger partial charge in [0.05, 0.1) is 5.92 Å². The van der Waals surface area contributed by atoms with Gasteiger partial charge in [0.1, 0.15) is 12.4 Å². The van der Waals surface area contributed by atoms with E-state index in [9.17, 15) is 9.59 Å². The van der Waals surface area contributed by atoms with Crippen LogP contribution in [0.3, 0.4) is 0 Å². The van der Waals surface area contributed by atoms with Crippen LogP contribution in [0.25, 0.3) is 0 Å². The number of hydrogen-bond acceptors (Lipinski definition) is 3. The molecule has 1 unspecified atom stereocenters. The van der Waals surface area contributed by atoms with Crippen molar-refractivity contribution in [1.29, 1.82) is 0 Å². The van der Waals surface area contributed by atoms with E-state index in [0.717, 1.165) is 18.4 Å². The molecule has 0 aliphatic carbocycles. The van der Waals surface area contributed by atoms with E-state index in [0.29, 0.717) is 37.6 Å². The van der Waals surface area contributed by atoms with Crippen LogP contribution >= 0.6 is 0 Å². The second kappa shape index (κ2) is 9.40. The molecule has 0 aromatic heterocycles. The van der Waals surface area contributed by atoms with E-state index >= 15 is 0 Å². The van der Waals surface area contributed by atoms with Crippen LogP contribution in [0.4, 0.5) is 0 Å². The van der Waals surface area contributed by atoms with E-state index in [1.807, 2.05) is 31.2 Å². The van der Waals surface area contributed by atoms with Crippen molar-refractivity contribution >= 4 is 11.8 Å². The summed E-state index contributed by atoms with van der Waals surface area (Å²) >= 11 is 0. The number of amides is 2. The van der Waals surface area contributed by atoms with Crippen LogP contribution in [0, 0.1) is 12.8 Å². The molecule has 2 aromatic rings. The van der Waals surface area contributed by atoms with Gasteiger partial charge in [-0.15, -0.1) is 0 Å². The average Bonchev–Trinajstić information content (AvgIpc) is 2.72. The number of carbonyl (C=O) groups is 2. The molecular formula is C23H28N2O3. The van der Waals surface area contributed by atoms with Gasteiger partial charge in [-0.1, -0.05) is 35.9 Å². The number of piperidine rings is 1. The Labute approximate surface area is 166 Å². The summed E-state index contributed by atoms with van der Waals surface area (Å²) in [6.45, 7) is 6.19. The first kappa shape index (κ1) is 19.9. The van der Waals surface area contributed by atoms with Gasteiger partial charge in [0.25, 0.3) is 5.91 Å². The van der Waals surface area contributed by atoms with E-state index in [1.54, 1.807) is 17.0 Å². The molecule has 148 valence electrons. The monoisotopic (exact) mass is 380 g/mol. The predicted molar refractivity (Wildman–Crippen MR) is 109 cm³/mol. The number of hydrogen-bond donors (Lipinski definition) is 1. The molecule has 5 nitrogen and oxygen atoms in total. The minimum atomic E-state index is -0.126. The van der Waals surface area contributed by atoms with Crippen molar-refractivity contribution < 1.29 is 14.3 Å². The molecule has 1 saturated heterocycles. The van der Waals surface area contributed by atoms with Crippen LogP contribution in [0.1, 0.15) is 41.3 Å². The number of nitrogens with one attached hydrogen (secondary N) is 1. The Morgan fingerprint density at radius 2 is 2.00 bits per heavy atom. The fourth-order valence-electron chi connectivity index (χ4n) is 3.56. The van der Waals surface area contributed by atoms with Crippen LogP contribution < -0.4 is 10.1 Å². The summed E-state index contributed by atoms with van der Waals surface area (Å²) in [7, 11) is 0. The Balaban J connectivity index is 1.64. The van der Waals surface area contributed by atoms with E-state index in [1.165, 1.54) is 5.56 Å². The number of benzene rings is 2. The summed E-state index contributed by atoms with van der Waals surface area (Å²) in [6, 6.07) is 15.5. The molecule has 0 saturated carbocycles. The quantitative estimate of drug-likeness (QED) is 0.834. The maximum atomic E-state index is 12.9. The number of carbonyl (C=O) groups excluding carboxylic acids is 2. The maximum Gasteiger partial charge on any atom is 0.254 e. The van der Waals surface area contributed by atoms with E-state index in [-0.39, 0.29) is 17.7 Å². The van der Waals surface area contributed by atoms with Gasteiger partial charge in [-0.25, -0.2) is 0 Å². The van der Waals surface area contributed by atoms with E-state index in [4.69, 9.17) is 4.74 Å². The lowest BCUT2D eigenvalue weighted by molar-refractivity contribution is -0.126. The van der Waals surface area contributed by atoms with Gasteiger partial charge in [0.15, 0.2) is 0 Å². The molecule has 0 bridgehead atoms. The highest BCUT2D eigenvalue weighted by Gasteiger charge is 2.28. The highest BCUT2D eigenvalue weighted by Crippen LogP contribution is 2.21. The molecule has 2 amide bonds. The van der Waals surface area contributed by atoms with Gasteiger partial charge in [-0.05, 0) is 50.5 Å². The van der Waals surface area contributed by atoms with Gasteiger partial charge in [-0.2, -0.15) is 0 Å². The molecule has 28 heavy (non-hydrogen) atoms. The highest BCUT2D eigenvalue weighted by molar-refractivity contribution is 5.95. The lowest BCUT2D eigenvalue weighted by Crippen LogP contribution is -2.45. The van der Waals surface area contributed by atoms with Gasteiger partial charge in [0.2, 0.25) is 5.91 Å². The van der Waals surface area contributed by atoms with Gasteiger partial charge in [0, 0.05) is 25.2 Å². The van der Waals surface area contributed by atoms with Crippen molar-refractivity contribution in [2.75, 3.05) is 19.6 Å². The minimum Gasteiger partial charge on any atom is -0.489 e. The van der Waals surface area contributed by atoms with Crippen molar-refractivity contribution in [3.63, 3.8) is 0 Å². The van der Waals surface area contributed by atoms with Crippen LogP contribution in [-0.2, 0) is 11.4 Å². The van der Waals surface area contributed by atoms with Crippen molar-refractivity contribution in [1.82, 2.24) is 10.2 Å². The van der Waals surface area contributed by atoms with Gasteiger partial charge < -0.3 is 15.0 Å². The SMILES string of the molecule is CCNC(=O)C1CCCN(C(=O)c2cccc(OCc3cccc(C)c3)c2)C1. The fraction of sp³-hybridized carbons (Fsp3) is 0.391. The molecule has 1 fully saturated rings. The predicted octanol–water partition coefficient (Wildman–Crippen LogP) is 3.56. The largest absolute Gasteiger partial charge is 0.489 e. The molecule has 1 aliphatic heterocycles. The summed E-state index contributed by atoms with van der Waals surface area (Å²) in [4.78, 5) is 26.8. The number of nitrogens with zero attached hydrogens (tertiary/aromatic N) is 1. The molecule has 5 heteroatoms. The summed E-state index contributed by atoms with van der Waals surface area (Å²) in [5.74, 6) is 0.535. The van der Waals surface area contributed by atoms with Crippen LogP contribution in [0.15, 0.2) is 48.5 Å². The van der Waals surface area contributed by atoms with E-state index < -0.39 is 0 Å². The van der Waals surface area contributed by atoms with Crippen LogP contribution in [-0.4, -0.2) is 36.3 Å². The molecule has 2 aromatic carbocycles. The Morgan fingerprint density at radius 1 is 1.18 bits per heavy atom. The maximum absolute atomic E-state index is 12.9. The second-order valence-corrected chi connectivity index (χ2v) is 7.29. The zero-order valence-electron chi connectivity index (χ0n) is 16.6. The first-order valence-electron chi connectivity index (χ1n) is 9.92. The third kappa shape index (κ3) is 5.12. The number of rotatable bonds is 6. The first-order valence-corrected chi connectivity index (χ1v) is 9.92. The summed E-state index contributed by atoms with van der Waals surface area (Å²) in [5.41, 5.74) is 2.88. The van der Waals surface area contributed by atoms with Crippen LogP contribution in [0.5, 0.6) is 5.75 Å². The molecule has 3 rings (SSSR count). The first-order chi connectivity index (χ1) is 13.6. The van der Waals surface area contributed by atoms with Gasteiger partial charge in [-0.3, -0.25) is 9.59 Å². The summed E-state index contributed by atoms with van der Waals surface area (Å²) in [5, 5.41) is 2.86. The topological polar surface area (TPSA) is 58.6 Å². The van der Waals surface area contributed by atoms with Crippen molar-refractivity contribution in [2.45, 2.75) is 33.3 Å². The number of ether oxygens (including phenoxy) is 1. The molecule has 1 aliphatic rings. The second-order valence-electron chi connectivity index (χ2n) is 7.29. The Kier molecular flexibility index (Phi) is 6.69. The minimum absolute atomic E-state index is 0.0373. The van der Waals surface area contributed by atoms with E-state index in [2.05, 4.69) is 24.4 Å². The van der Waals surface area contributed by atoms with Crippen LogP contribution in [0.2, 0.25) is 0 Å². The standard InChI is InChI=1S/C23H28N2O3/c1-3-24-22(26)20-10-6-12-25(15-20)23(27)19-9-5-11-21(14-19)28-16-18-8-4-7-17(2)13-18/h4-5,7-9,11,13-14,20H,3,6,10,12,15-16H2,1-2H3,(H,24,26). The highest BCUT2D eigenvalue weighted by atomic mass is 16.5. The van der Waals surface area contributed by atoms with Gasteiger partial charge >= 0.3 is 0 Å². The third-order valence-corrected chi connectivity index (χ3v) is 5.00. The molecular weight excluding hydrogens is 352 g/mol. The van der Waals surface area contributed by atoms with Crippen molar-refractivity contribution in [2.24, 2.45) is 5.92 Å². The normalized spacial score (nSPS) is 16.5. The number of aryl methyl sites for hydroxylation is 1. The smallest absolute Gasteiger partial charge is 0.254 e. The Morgan fingerprint density at radius 3 is 2.79 bits per heavy atom. The number of likely N-dealkylation sites (tertiary alicyclic amines) is 1. The lowest BCUT2D eigenvalue weighted by Gasteiger charge is -2.32. The third-order valence-electron chi connectivity index (χ3n) is 5.00. The lowest BCUT2D eigenvalue weighted by atomic mass is 9.96. The summed E-state index contributed by atoms with van der Waals surface area (Å²) in [6.07, 6.45) is 1.67. The molecule has 0 spiro atoms. The zero-order chi connectivity index (χ0) is 19.9. The molecule has 0 radical (unpaired) electrons. The zero-order valence-corrected chi connectivity index (χ0v) is 16.6. The Bertz CT molecular complexity index is 834.